The first-order chi connectivity index (χ1) is 12.2. The van der Waals surface area contributed by atoms with Gasteiger partial charge in [-0.25, -0.2) is 0 Å². The smallest absolute Gasteiger partial charge is 0.289 e. The minimum atomic E-state index is -0.114. The van der Waals surface area contributed by atoms with Crippen molar-refractivity contribution in [3.8, 4) is 11.5 Å². The van der Waals surface area contributed by atoms with Crippen molar-refractivity contribution in [2.24, 2.45) is 5.73 Å². The fourth-order valence-corrected chi connectivity index (χ4v) is 3.03. The molecule has 0 saturated heterocycles. The second-order valence-corrected chi connectivity index (χ2v) is 5.88. The van der Waals surface area contributed by atoms with Crippen LogP contribution in [-0.2, 0) is 19.5 Å². The summed E-state index contributed by atoms with van der Waals surface area (Å²) in [6.07, 6.45) is 0.776. The van der Waals surface area contributed by atoms with Crippen LogP contribution in [0.2, 0.25) is 0 Å². The lowest BCUT2D eigenvalue weighted by Crippen LogP contribution is -2.35. The maximum Gasteiger partial charge on any atom is 0.289 e. The second kappa shape index (κ2) is 7.61. The highest BCUT2D eigenvalue weighted by atomic mass is 16.5. The zero-order valence-corrected chi connectivity index (χ0v) is 14.7. The Kier molecular flexibility index (Phi) is 5.28. The number of carbonyl (C=O) groups is 1. The molecule has 0 radical (unpaired) electrons. The van der Waals surface area contributed by atoms with Crippen LogP contribution in [0.4, 0.5) is 0 Å². The maximum atomic E-state index is 12.7. The van der Waals surface area contributed by atoms with Crippen molar-refractivity contribution in [2.45, 2.75) is 33.4 Å². The number of rotatable bonds is 6. The molecule has 2 N–H and O–H groups in total. The normalized spacial score (nSPS) is 13.5. The van der Waals surface area contributed by atoms with Crippen molar-refractivity contribution in [3.63, 3.8) is 0 Å². The molecule has 0 aliphatic carbocycles. The molecule has 2 heterocycles. The van der Waals surface area contributed by atoms with Crippen molar-refractivity contribution in [1.82, 2.24) is 4.90 Å². The molecule has 1 aromatic heterocycles. The molecule has 1 amide bonds. The van der Waals surface area contributed by atoms with E-state index in [1.54, 1.807) is 17.0 Å². The van der Waals surface area contributed by atoms with E-state index in [1.165, 1.54) is 5.56 Å². The van der Waals surface area contributed by atoms with Gasteiger partial charge in [0.1, 0.15) is 5.76 Å². The fraction of sp³-hybridized carbons (Fsp3) is 0.421. The molecule has 6 nitrogen and oxygen atoms in total. The lowest BCUT2D eigenvalue weighted by molar-refractivity contribution is 0.0700. The monoisotopic (exact) mass is 344 g/mol. The van der Waals surface area contributed by atoms with E-state index in [1.807, 2.05) is 26.0 Å². The lowest BCUT2D eigenvalue weighted by Gasteiger charge is -2.29. The van der Waals surface area contributed by atoms with Crippen LogP contribution in [0.5, 0.6) is 11.5 Å². The molecule has 0 fully saturated rings. The lowest BCUT2D eigenvalue weighted by atomic mass is 9.98. The highest BCUT2D eigenvalue weighted by Gasteiger charge is 2.25. The zero-order valence-electron chi connectivity index (χ0n) is 14.7. The third-order valence-electron chi connectivity index (χ3n) is 4.24. The van der Waals surface area contributed by atoms with E-state index >= 15 is 0 Å². The van der Waals surface area contributed by atoms with Crippen LogP contribution in [-0.4, -0.2) is 30.6 Å². The molecule has 0 spiro atoms. The first-order valence-corrected chi connectivity index (χ1v) is 8.65. The van der Waals surface area contributed by atoms with E-state index in [2.05, 4.69) is 0 Å². The minimum absolute atomic E-state index is 0.114. The van der Waals surface area contributed by atoms with Crippen molar-refractivity contribution in [1.29, 1.82) is 0 Å². The van der Waals surface area contributed by atoms with Crippen molar-refractivity contribution < 1.29 is 18.7 Å². The summed E-state index contributed by atoms with van der Waals surface area (Å²) in [7, 11) is 0. The van der Waals surface area contributed by atoms with Crippen molar-refractivity contribution in [2.75, 3.05) is 19.8 Å². The number of fused-ring (bicyclic) bond motifs is 1. The quantitative estimate of drug-likeness (QED) is 0.872. The highest BCUT2D eigenvalue weighted by Crippen LogP contribution is 2.34. The Morgan fingerprint density at radius 2 is 1.84 bits per heavy atom. The topological polar surface area (TPSA) is 77.9 Å². The van der Waals surface area contributed by atoms with E-state index in [-0.39, 0.29) is 12.5 Å². The molecule has 1 aromatic carbocycles. The zero-order chi connectivity index (χ0) is 17.8. The summed E-state index contributed by atoms with van der Waals surface area (Å²) in [5, 5.41) is 0. The van der Waals surface area contributed by atoms with Crippen LogP contribution in [0.3, 0.4) is 0 Å². The van der Waals surface area contributed by atoms with E-state index < -0.39 is 0 Å². The van der Waals surface area contributed by atoms with E-state index in [4.69, 9.17) is 19.6 Å². The molecule has 6 heteroatoms. The van der Waals surface area contributed by atoms with Crippen LogP contribution in [0, 0.1) is 0 Å². The third-order valence-corrected chi connectivity index (χ3v) is 4.24. The number of benzene rings is 1. The molecule has 3 rings (SSSR count). The molecule has 25 heavy (non-hydrogen) atoms. The average Bonchev–Trinajstić information content (AvgIpc) is 3.11. The van der Waals surface area contributed by atoms with Crippen LogP contribution in [0.25, 0.3) is 0 Å². The van der Waals surface area contributed by atoms with Gasteiger partial charge in [-0.2, -0.15) is 0 Å². The van der Waals surface area contributed by atoms with Gasteiger partial charge in [-0.05, 0) is 55.7 Å². The van der Waals surface area contributed by atoms with Gasteiger partial charge in [0.05, 0.1) is 19.8 Å². The SMILES string of the molecule is CCOc1cc2c(cc1OCC)CN(C(=O)c1ccc(CN)o1)CC2. The van der Waals surface area contributed by atoms with Gasteiger partial charge in [-0.15, -0.1) is 0 Å². The van der Waals surface area contributed by atoms with Gasteiger partial charge in [0, 0.05) is 13.1 Å². The molecule has 0 atom stereocenters. The molecular formula is C19H24N2O4. The second-order valence-electron chi connectivity index (χ2n) is 5.88. The molecule has 134 valence electrons. The van der Waals surface area contributed by atoms with Gasteiger partial charge in [0.15, 0.2) is 17.3 Å². The standard InChI is InChI=1S/C19H24N2O4/c1-3-23-17-9-13-7-8-21(12-14(13)10-18(17)24-4-2)19(22)16-6-5-15(11-20)25-16/h5-6,9-10H,3-4,7-8,11-12,20H2,1-2H3. The van der Waals surface area contributed by atoms with Gasteiger partial charge in [-0.1, -0.05) is 0 Å². The molecule has 1 aliphatic heterocycles. The Bertz CT molecular complexity index is 754. The largest absolute Gasteiger partial charge is 0.490 e. The molecule has 2 aromatic rings. The summed E-state index contributed by atoms with van der Waals surface area (Å²) in [5.41, 5.74) is 7.82. The third kappa shape index (κ3) is 3.64. The number of ether oxygens (including phenoxy) is 2. The Morgan fingerprint density at radius 1 is 1.16 bits per heavy atom. The highest BCUT2D eigenvalue weighted by molar-refractivity contribution is 5.91. The summed E-state index contributed by atoms with van der Waals surface area (Å²) < 4.78 is 16.9. The Morgan fingerprint density at radius 3 is 2.44 bits per heavy atom. The summed E-state index contributed by atoms with van der Waals surface area (Å²) in [5.74, 6) is 2.32. The minimum Gasteiger partial charge on any atom is -0.490 e. The van der Waals surface area contributed by atoms with Crippen molar-refractivity contribution >= 4 is 5.91 Å². The van der Waals surface area contributed by atoms with Gasteiger partial charge < -0.3 is 24.5 Å². The first-order valence-electron chi connectivity index (χ1n) is 8.65. The first kappa shape index (κ1) is 17.4. The number of amides is 1. The Hall–Kier alpha value is -2.47. The van der Waals surface area contributed by atoms with Crippen LogP contribution >= 0.6 is 0 Å². The average molecular weight is 344 g/mol. The number of hydrogen-bond acceptors (Lipinski definition) is 5. The predicted octanol–water partition coefficient (Wildman–Crippen LogP) is 2.73. The predicted molar refractivity (Wildman–Crippen MR) is 93.8 cm³/mol. The van der Waals surface area contributed by atoms with E-state index in [0.29, 0.717) is 37.8 Å². The summed E-state index contributed by atoms with van der Waals surface area (Å²) in [6.45, 7) is 6.50. The van der Waals surface area contributed by atoms with Crippen molar-refractivity contribution in [3.05, 3.63) is 46.9 Å². The Balaban J connectivity index is 1.82. The molecule has 1 aliphatic rings. The van der Waals surface area contributed by atoms with Crippen LogP contribution < -0.4 is 15.2 Å². The van der Waals surface area contributed by atoms with Gasteiger partial charge in [0.25, 0.3) is 5.91 Å². The molecule has 0 bridgehead atoms. The van der Waals surface area contributed by atoms with Gasteiger partial charge in [0.2, 0.25) is 0 Å². The fourth-order valence-electron chi connectivity index (χ4n) is 3.03. The number of carbonyl (C=O) groups excluding carboxylic acids is 1. The van der Waals surface area contributed by atoms with Gasteiger partial charge >= 0.3 is 0 Å². The number of hydrogen-bond donors (Lipinski definition) is 1. The molecule has 0 unspecified atom stereocenters. The van der Waals surface area contributed by atoms with E-state index in [0.717, 1.165) is 23.5 Å². The molecular weight excluding hydrogens is 320 g/mol. The Labute approximate surface area is 147 Å². The summed E-state index contributed by atoms with van der Waals surface area (Å²) in [4.78, 5) is 14.4. The summed E-state index contributed by atoms with van der Waals surface area (Å²) in [6, 6.07) is 7.44. The summed E-state index contributed by atoms with van der Waals surface area (Å²) >= 11 is 0. The van der Waals surface area contributed by atoms with Gasteiger partial charge in [-0.3, -0.25) is 4.79 Å². The number of nitrogens with two attached hydrogens (primary N) is 1. The molecule has 0 saturated carbocycles. The number of furan rings is 1. The number of nitrogens with zero attached hydrogens (tertiary/aromatic N) is 1. The maximum absolute atomic E-state index is 12.7. The van der Waals surface area contributed by atoms with E-state index in [9.17, 15) is 4.79 Å². The van der Waals surface area contributed by atoms with Crippen LogP contribution in [0.15, 0.2) is 28.7 Å². The van der Waals surface area contributed by atoms with Crippen LogP contribution in [0.1, 0.15) is 41.3 Å².